The summed E-state index contributed by atoms with van der Waals surface area (Å²) in [5.74, 6) is 0.925. The van der Waals surface area contributed by atoms with Gasteiger partial charge in [-0.1, -0.05) is 17.3 Å². The lowest BCUT2D eigenvalue weighted by atomic mass is 10.1. The maximum atomic E-state index is 13.0. The van der Waals surface area contributed by atoms with Crippen LogP contribution in [0.1, 0.15) is 34.8 Å². The Kier molecular flexibility index (Phi) is 6.27. The molecule has 1 amide bonds. The van der Waals surface area contributed by atoms with Crippen LogP contribution >= 0.6 is 0 Å². The van der Waals surface area contributed by atoms with Gasteiger partial charge in [-0.2, -0.15) is 23.3 Å². The van der Waals surface area contributed by atoms with Gasteiger partial charge < -0.3 is 9.42 Å². The highest BCUT2D eigenvalue weighted by Crippen LogP contribution is 2.32. The molecule has 0 bridgehead atoms. The van der Waals surface area contributed by atoms with Crippen molar-refractivity contribution >= 4 is 5.91 Å². The van der Waals surface area contributed by atoms with Gasteiger partial charge in [0.05, 0.1) is 17.2 Å². The molecule has 186 valence electrons. The number of nitrogens with zero attached hydrogens (tertiary/aromatic N) is 7. The molecular formula is C24H22F3N7O2. The van der Waals surface area contributed by atoms with Crippen molar-refractivity contribution in [2.24, 2.45) is 0 Å². The summed E-state index contributed by atoms with van der Waals surface area (Å²) in [6, 6.07) is 9.83. The second kappa shape index (κ2) is 9.53. The Morgan fingerprint density at radius 3 is 2.56 bits per heavy atom. The van der Waals surface area contributed by atoms with E-state index in [-0.39, 0.29) is 23.3 Å². The minimum Gasteiger partial charge on any atom is -0.337 e. The van der Waals surface area contributed by atoms with Crippen molar-refractivity contribution in [3.8, 4) is 17.2 Å². The van der Waals surface area contributed by atoms with Crippen molar-refractivity contribution in [2.75, 3.05) is 26.2 Å². The first-order valence-electron chi connectivity index (χ1n) is 11.3. The van der Waals surface area contributed by atoms with Gasteiger partial charge in [-0.3, -0.25) is 9.69 Å². The molecule has 1 atom stereocenters. The van der Waals surface area contributed by atoms with Crippen LogP contribution in [0, 0.1) is 0 Å². The molecular weight excluding hydrogens is 475 g/mol. The first-order chi connectivity index (χ1) is 17.3. The fourth-order valence-corrected chi connectivity index (χ4v) is 4.06. The van der Waals surface area contributed by atoms with Crippen LogP contribution in [-0.4, -0.2) is 66.8 Å². The number of rotatable bonds is 5. The van der Waals surface area contributed by atoms with E-state index in [1.54, 1.807) is 46.4 Å². The van der Waals surface area contributed by atoms with Crippen LogP contribution in [-0.2, 0) is 6.18 Å². The number of benzene rings is 1. The van der Waals surface area contributed by atoms with E-state index >= 15 is 0 Å². The Morgan fingerprint density at radius 2 is 1.89 bits per heavy atom. The average Bonchev–Trinajstić information content (AvgIpc) is 3.61. The Labute approximate surface area is 204 Å². The molecule has 1 aliphatic rings. The molecule has 0 N–H and O–H groups in total. The summed E-state index contributed by atoms with van der Waals surface area (Å²) in [6.07, 6.45) is 0.519. The number of pyridine rings is 1. The Balaban J connectivity index is 1.20. The van der Waals surface area contributed by atoms with Gasteiger partial charge in [0.15, 0.2) is 5.82 Å². The SMILES string of the molecule is CC(c1nc(-c2cccc(C(F)(F)F)c2)no1)N1CCN(C(=O)c2ccc(-n3cccn3)nc2)CC1. The summed E-state index contributed by atoms with van der Waals surface area (Å²) < 4.78 is 46.1. The number of hydrogen-bond donors (Lipinski definition) is 0. The highest BCUT2D eigenvalue weighted by molar-refractivity contribution is 5.94. The standard InChI is InChI=1S/C24H22F3N7O2/c1-16(22-30-21(31-36-22)17-4-2-5-19(14-17)24(25,26)27)32-10-12-33(13-11-32)23(35)18-6-7-20(28-15-18)34-9-3-8-29-34/h2-9,14-16H,10-13H2,1H3. The molecule has 3 aromatic heterocycles. The Bertz CT molecular complexity index is 1330. The molecule has 36 heavy (non-hydrogen) atoms. The van der Waals surface area contributed by atoms with Crippen LogP contribution in [0.15, 0.2) is 65.6 Å². The number of amides is 1. The van der Waals surface area contributed by atoms with Gasteiger partial charge in [-0.05, 0) is 37.3 Å². The Morgan fingerprint density at radius 1 is 1.08 bits per heavy atom. The molecule has 0 saturated carbocycles. The summed E-state index contributed by atoms with van der Waals surface area (Å²) in [6.45, 7) is 4.04. The van der Waals surface area contributed by atoms with E-state index in [1.807, 2.05) is 6.92 Å². The minimum atomic E-state index is -4.45. The minimum absolute atomic E-state index is 0.0998. The normalized spacial score (nSPS) is 15.7. The van der Waals surface area contributed by atoms with Crippen LogP contribution in [0.5, 0.6) is 0 Å². The van der Waals surface area contributed by atoms with E-state index in [1.165, 1.54) is 12.1 Å². The number of aromatic nitrogens is 5. The van der Waals surface area contributed by atoms with Crippen LogP contribution in [0.3, 0.4) is 0 Å². The zero-order valence-corrected chi connectivity index (χ0v) is 19.3. The lowest BCUT2D eigenvalue weighted by Gasteiger charge is -2.36. The van der Waals surface area contributed by atoms with Crippen LogP contribution in [0.4, 0.5) is 13.2 Å². The van der Waals surface area contributed by atoms with Crippen molar-refractivity contribution in [3.05, 3.63) is 78.1 Å². The zero-order chi connectivity index (χ0) is 25.3. The molecule has 9 nitrogen and oxygen atoms in total. The molecule has 4 heterocycles. The highest BCUT2D eigenvalue weighted by Gasteiger charge is 2.31. The summed E-state index contributed by atoms with van der Waals surface area (Å²) in [5.41, 5.74) is -0.0453. The molecule has 5 rings (SSSR count). The van der Waals surface area contributed by atoms with Crippen LogP contribution in [0.2, 0.25) is 0 Å². The van der Waals surface area contributed by atoms with Crippen molar-refractivity contribution in [1.82, 2.24) is 34.7 Å². The summed E-state index contributed by atoms with van der Waals surface area (Å²) in [7, 11) is 0. The van der Waals surface area contributed by atoms with E-state index in [2.05, 4.69) is 25.1 Å². The maximum absolute atomic E-state index is 13.0. The van der Waals surface area contributed by atoms with E-state index in [4.69, 9.17) is 4.52 Å². The second-order valence-corrected chi connectivity index (χ2v) is 8.39. The van der Waals surface area contributed by atoms with Crippen molar-refractivity contribution in [3.63, 3.8) is 0 Å². The lowest BCUT2D eigenvalue weighted by molar-refractivity contribution is -0.137. The molecule has 0 spiro atoms. The number of piperazine rings is 1. The summed E-state index contributed by atoms with van der Waals surface area (Å²) in [4.78, 5) is 25.4. The predicted octanol–water partition coefficient (Wildman–Crippen LogP) is 3.86. The van der Waals surface area contributed by atoms with E-state index in [0.717, 1.165) is 12.1 Å². The molecule has 4 aromatic rings. The molecule has 1 saturated heterocycles. The third-order valence-corrected chi connectivity index (χ3v) is 6.13. The molecule has 1 aromatic carbocycles. The smallest absolute Gasteiger partial charge is 0.337 e. The highest BCUT2D eigenvalue weighted by atomic mass is 19.4. The average molecular weight is 497 g/mol. The molecule has 0 aliphatic carbocycles. The van der Waals surface area contributed by atoms with Crippen LogP contribution in [0.25, 0.3) is 17.2 Å². The molecule has 0 radical (unpaired) electrons. The number of carbonyl (C=O) groups excluding carboxylic acids is 1. The largest absolute Gasteiger partial charge is 0.416 e. The first-order valence-corrected chi connectivity index (χ1v) is 11.3. The maximum Gasteiger partial charge on any atom is 0.416 e. The van der Waals surface area contributed by atoms with Crippen molar-refractivity contribution < 1.29 is 22.5 Å². The van der Waals surface area contributed by atoms with Gasteiger partial charge in [-0.25, -0.2) is 9.67 Å². The van der Waals surface area contributed by atoms with E-state index < -0.39 is 11.7 Å². The third kappa shape index (κ3) is 4.85. The second-order valence-electron chi connectivity index (χ2n) is 8.39. The fraction of sp³-hybridized carbons (Fsp3) is 0.292. The van der Waals surface area contributed by atoms with Crippen LogP contribution < -0.4 is 0 Å². The predicted molar refractivity (Wildman–Crippen MR) is 122 cm³/mol. The third-order valence-electron chi connectivity index (χ3n) is 6.13. The number of hydrogen-bond acceptors (Lipinski definition) is 7. The fourth-order valence-electron chi connectivity index (χ4n) is 4.06. The van der Waals surface area contributed by atoms with Gasteiger partial charge in [0.1, 0.15) is 0 Å². The zero-order valence-electron chi connectivity index (χ0n) is 19.3. The summed E-state index contributed by atoms with van der Waals surface area (Å²) >= 11 is 0. The first kappa shape index (κ1) is 23.7. The number of alkyl halides is 3. The van der Waals surface area contributed by atoms with Crippen molar-refractivity contribution in [2.45, 2.75) is 19.1 Å². The summed E-state index contributed by atoms with van der Waals surface area (Å²) in [5, 5.41) is 8.00. The Hall–Kier alpha value is -4.06. The van der Waals surface area contributed by atoms with E-state index in [0.29, 0.717) is 43.5 Å². The van der Waals surface area contributed by atoms with E-state index in [9.17, 15) is 18.0 Å². The van der Waals surface area contributed by atoms with Gasteiger partial charge in [0, 0.05) is 50.3 Å². The van der Waals surface area contributed by atoms with Crippen molar-refractivity contribution in [1.29, 1.82) is 0 Å². The molecule has 12 heteroatoms. The lowest BCUT2D eigenvalue weighted by Crippen LogP contribution is -2.49. The number of carbonyl (C=O) groups is 1. The molecule has 1 unspecified atom stereocenters. The monoisotopic (exact) mass is 497 g/mol. The van der Waals surface area contributed by atoms with Gasteiger partial charge in [-0.15, -0.1) is 0 Å². The topological polar surface area (TPSA) is 93.2 Å². The quantitative estimate of drug-likeness (QED) is 0.413. The number of halogens is 3. The molecule has 1 aliphatic heterocycles. The molecule has 1 fully saturated rings. The van der Waals surface area contributed by atoms with Gasteiger partial charge >= 0.3 is 6.18 Å². The van der Waals surface area contributed by atoms with Gasteiger partial charge in [0.2, 0.25) is 11.7 Å². The van der Waals surface area contributed by atoms with Gasteiger partial charge in [0.25, 0.3) is 5.91 Å².